The van der Waals surface area contributed by atoms with E-state index in [1.54, 1.807) is 12.1 Å². The van der Waals surface area contributed by atoms with Crippen LogP contribution in [-0.4, -0.2) is 33.7 Å². The Hall–Kier alpha value is -2.55. The lowest BCUT2D eigenvalue weighted by Crippen LogP contribution is -2.41. The highest BCUT2D eigenvalue weighted by Gasteiger charge is 2.21. The number of hydrogen-bond donors (Lipinski definition) is 1. The van der Waals surface area contributed by atoms with Gasteiger partial charge in [0.1, 0.15) is 12.4 Å². The molecule has 26 heavy (non-hydrogen) atoms. The molecule has 2 rings (SSSR count). The maximum absolute atomic E-state index is 13.4. The van der Waals surface area contributed by atoms with Gasteiger partial charge in [-0.25, -0.2) is 21.6 Å². The Morgan fingerprint density at radius 1 is 1.04 bits per heavy atom. The highest BCUT2D eigenvalue weighted by atomic mass is 32.2. The molecular weight excluding hydrogens is 369 g/mol. The predicted molar refractivity (Wildman–Crippen MR) is 91.7 cm³/mol. The molecule has 0 fully saturated rings. The first-order chi connectivity index (χ1) is 12.2. The Bertz CT molecular complexity index is 887. The molecule has 0 unspecified atom stereocenters. The van der Waals surface area contributed by atoms with E-state index in [1.165, 1.54) is 12.1 Å². The van der Waals surface area contributed by atoms with Crippen LogP contribution in [0.3, 0.4) is 0 Å². The largest absolute Gasteiger partial charge is 0.354 e. The molecule has 0 saturated carbocycles. The molecule has 0 aliphatic rings. The molecule has 9 heteroatoms. The van der Waals surface area contributed by atoms with Crippen LogP contribution in [0.4, 0.5) is 18.9 Å². The van der Waals surface area contributed by atoms with Crippen molar-refractivity contribution in [2.45, 2.75) is 6.42 Å². The second-order valence-electron chi connectivity index (χ2n) is 5.59. The fourth-order valence-corrected chi connectivity index (χ4v) is 3.07. The van der Waals surface area contributed by atoms with Gasteiger partial charge in [0.15, 0.2) is 11.6 Å². The molecule has 0 saturated heterocycles. The Balaban J connectivity index is 2.00. The summed E-state index contributed by atoms with van der Waals surface area (Å²) in [6, 6.07) is 8.32. The first-order valence-corrected chi connectivity index (χ1v) is 9.45. The third kappa shape index (κ3) is 5.48. The van der Waals surface area contributed by atoms with Gasteiger partial charge in [-0.05, 0) is 36.2 Å². The third-order valence-corrected chi connectivity index (χ3v) is 4.67. The molecule has 140 valence electrons. The van der Waals surface area contributed by atoms with Crippen LogP contribution in [0.2, 0.25) is 0 Å². The van der Waals surface area contributed by atoms with Gasteiger partial charge in [-0.15, -0.1) is 0 Å². The molecule has 0 aliphatic carbocycles. The summed E-state index contributed by atoms with van der Waals surface area (Å²) in [5.74, 6) is -3.31. The highest BCUT2D eigenvalue weighted by molar-refractivity contribution is 7.92. The van der Waals surface area contributed by atoms with Gasteiger partial charge in [0.05, 0.1) is 11.9 Å². The maximum atomic E-state index is 13.4. The number of nitrogens with zero attached hydrogens (tertiary/aromatic N) is 1. The molecular formula is C17H17F3N2O3S. The lowest BCUT2D eigenvalue weighted by molar-refractivity contribution is -0.119. The normalized spacial score (nSPS) is 11.2. The van der Waals surface area contributed by atoms with Gasteiger partial charge in [0.25, 0.3) is 0 Å². The summed E-state index contributed by atoms with van der Waals surface area (Å²) >= 11 is 0. The monoisotopic (exact) mass is 386 g/mol. The molecule has 2 aromatic rings. The molecule has 5 nitrogen and oxygen atoms in total. The van der Waals surface area contributed by atoms with Crippen LogP contribution < -0.4 is 9.62 Å². The summed E-state index contributed by atoms with van der Waals surface area (Å²) in [7, 11) is -3.88. The molecule has 0 bridgehead atoms. The molecule has 0 aromatic heterocycles. The predicted octanol–water partition coefficient (Wildman–Crippen LogP) is 2.23. The van der Waals surface area contributed by atoms with Gasteiger partial charge in [-0.1, -0.05) is 12.1 Å². The number of anilines is 1. The molecule has 0 radical (unpaired) electrons. The summed E-state index contributed by atoms with van der Waals surface area (Å²) in [6.07, 6.45) is 1.29. The molecule has 0 atom stereocenters. The maximum Gasteiger partial charge on any atom is 0.240 e. The Labute approximate surface area is 149 Å². The number of carbonyl (C=O) groups excluding carboxylic acids is 1. The summed E-state index contributed by atoms with van der Waals surface area (Å²) in [5, 5.41) is 2.54. The van der Waals surface area contributed by atoms with Gasteiger partial charge in [0.2, 0.25) is 15.9 Å². The fourth-order valence-electron chi connectivity index (χ4n) is 2.22. The quantitative estimate of drug-likeness (QED) is 0.794. The Morgan fingerprint density at radius 3 is 2.27 bits per heavy atom. The van der Waals surface area contributed by atoms with E-state index in [0.29, 0.717) is 16.8 Å². The molecule has 1 N–H and O–H groups in total. The van der Waals surface area contributed by atoms with E-state index in [1.807, 2.05) is 0 Å². The van der Waals surface area contributed by atoms with Crippen molar-refractivity contribution in [2.75, 3.05) is 23.7 Å². The van der Waals surface area contributed by atoms with Crippen molar-refractivity contribution in [3.8, 4) is 0 Å². The number of sulfonamides is 1. The van der Waals surface area contributed by atoms with Crippen LogP contribution in [-0.2, 0) is 21.2 Å². The average molecular weight is 386 g/mol. The number of amides is 1. The van der Waals surface area contributed by atoms with Crippen molar-refractivity contribution >= 4 is 21.6 Å². The highest BCUT2D eigenvalue weighted by Crippen LogP contribution is 2.20. The van der Waals surface area contributed by atoms with Gasteiger partial charge < -0.3 is 5.32 Å². The zero-order chi connectivity index (χ0) is 19.3. The third-order valence-electron chi connectivity index (χ3n) is 3.53. The number of carbonyl (C=O) groups is 1. The standard InChI is InChI=1S/C17H17F3N2O3S/c1-26(24,25)22(14-6-7-15(19)16(20)10-14)11-17(23)21-9-8-12-2-4-13(18)5-3-12/h2-7,10H,8-9,11H2,1H3,(H,21,23). The number of benzene rings is 2. The molecule has 1 amide bonds. The summed E-state index contributed by atoms with van der Waals surface area (Å²) in [5.41, 5.74) is 0.646. The molecule has 0 aliphatic heterocycles. The van der Waals surface area contributed by atoms with E-state index < -0.39 is 34.1 Å². The van der Waals surface area contributed by atoms with Crippen molar-refractivity contribution < 1.29 is 26.4 Å². The lowest BCUT2D eigenvalue weighted by atomic mass is 10.1. The van der Waals surface area contributed by atoms with Gasteiger partial charge in [0, 0.05) is 12.6 Å². The Kier molecular flexibility index (Phi) is 6.25. The molecule has 0 spiro atoms. The van der Waals surface area contributed by atoms with E-state index in [9.17, 15) is 26.4 Å². The molecule has 0 heterocycles. The van der Waals surface area contributed by atoms with Crippen molar-refractivity contribution in [1.29, 1.82) is 0 Å². The van der Waals surface area contributed by atoms with Crippen LogP contribution in [0, 0.1) is 17.5 Å². The van der Waals surface area contributed by atoms with Gasteiger partial charge >= 0.3 is 0 Å². The van der Waals surface area contributed by atoms with E-state index in [0.717, 1.165) is 24.0 Å². The summed E-state index contributed by atoms with van der Waals surface area (Å²) < 4.78 is 63.7. The minimum Gasteiger partial charge on any atom is -0.354 e. The number of halogens is 3. The first kappa shape index (κ1) is 19.8. The topological polar surface area (TPSA) is 66.5 Å². The zero-order valence-electron chi connectivity index (χ0n) is 13.9. The summed E-state index contributed by atoms with van der Waals surface area (Å²) in [6.45, 7) is -0.368. The van der Waals surface area contributed by atoms with Crippen molar-refractivity contribution in [2.24, 2.45) is 0 Å². The second kappa shape index (κ2) is 8.22. The number of nitrogens with one attached hydrogen (secondary N) is 1. The number of hydrogen-bond acceptors (Lipinski definition) is 3. The van der Waals surface area contributed by atoms with Gasteiger partial charge in [-0.3, -0.25) is 9.10 Å². The second-order valence-corrected chi connectivity index (χ2v) is 7.50. The smallest absolute Gasteiger partial charge is 0.240 e. The average Bonchev–Trinajstić information content (AvgIpc) is 2.56. The first-order valence-electron chi connectivity index (χ1n) is 7.61. The van der Waals surface area contributed by atoms with E-state index >= 15 is 0 Å². The van der Waals surface area contributed by atoms with E-state index in [2.05, 4.69) is 5.32 Å². The zero-order valence-corrected chi connectivity index (χ0v) is 14.7. The van der Waals surface area contributed by atoms with E-state index in [4.69, 9.17) is 0 Å². The van der Waals surface area contributed by atoms with Crippen molar-refractivity contribution in [3.05, 3.63) is 65.5 Å². The lowest BCUT2D eigenvalue weighted by Gasteiger charge is -2.22. The summed E-state index contributed by atoms with van der Waals surface area (Å²) in [4.78, 5) is 12.0. The van der Waals surface area contributed by atoms with E-state index in [-0.39, 0.29) is 18.0 Å². The van der Waals surface area contributed by atoms with Crippen LogP contribution in [0.5, 0.6) is 0 Å². The number of rotatable bonds is 7. The minimum absolute atomic E-state index is 0.153. The SMILES string of the molecule is CS(=O)(=O)N(CC(=O)NCCc1ccc(F)cc1)c1ccc(F)c(F)c1. The Morgan fingerprint density at radius 2 is 1.69 bits per heavy atom. The van der Waals surface area contributed by atoms with Crippen LogP contribution >= 0.6 is 0 Å². The van der Waals surface area contributed by atoms with Crippen molar-refractivity contribution in [1.82, 2.24) is 5.32 Å². The fraction of sp³-hybridized carbons (Fsp3) is 0.235. The van der Waals surface area contributed by atoms with Crippen LogP contribution in [0.1, 0.15) is 5.56 Å². The van der Waals surface area contributed by atoms with Gasteiger partial charge in [-0.2, -0.15) is 0 Å². The minimum atomic E-state index is -3.88. The van der Waals surface area contributed by atoms with Crippen LogP contribution in [0.25, 0.3) is 0 Å². The van der Waals surface area contributed by atoms with Crippen molar-refractivity contribution in [3.63, 3.8) is 0 Å². The molecule has 2 aromatic carbocycles. The van der Waals surface area contributed by atoms with Crippen LogP contribution in [0.15, 0.2) is 42.5 Å².